The standard InChI is InChI=1S/C7H5IN2/c8-5-1-3-9-6-2-4-10-7(5)6/h1-4,10H. The number of hydrogen-bond acceptors (Lipinski definition) is 1. The maximum Gasteiger partial charge on any atom is 0.0889 e. The van der Waals surface area contributed by atoms with Crippen molar-refractivity contribution in [2.45, 2.75) is 0 Å². The number of nitrogens with one attached hydrogen (secondary N) is 1. The first-order valence-electron chi connectivity index (χ1n) is 2.95. The number of nitrogens with zero attached hydrogens (tertiary/aromatic N) is 1. The number of pyridine rings is 1. The first kappa shape index (κ1) is 6.15. The fraction of sp³-hybridized carbons (Fsp3) is 0. The van der Waals surface area contributed by atoms with Gasteiger partial charge in [0.15, 0.2) is 0 Å². The van der Waals surface area contributed by atoms with Gasteiger partial charge >= 0.3 is 0 Å². The van der Waals surface area contributed by atoms with E-state index in [1.165, 1.54) is 3.57 Å². The number of hydrogen-bond donors (Lipinski definition) is 1. The van der Waals surface area contributed by atoms with Crippen LogP contribution in [0.4, 0.5) is 0 Å². The predicted molar refractivity (Wildman–Crippen MR) is 48.8 cm³/mol. The Kier molecular flexibility index (Phi) is 1.37. The quantitative estimate of drug-likeness (QED) is 0.707. The minimum atomic E-state index is 1.03. The summed E-state index contributed by atoms with van der Waals surface area (Å²) in [6.07, 6.45) is 3.72. The fourth-order valence-electron chi connectivity index (χ4n) is 0.926. The smallest absolute Gasteiger partial charge is 0.0889 e. The average molecular weight is 244 g/mol. The van der Waals surface area contributed by atoms with Crippen molar-refractivity contribution in [2.24, 2.45) is 0 Å². The first-order chi connectivity index (χ1) is 4.88. The lowest BCUT2D eigenvalue weighted by Crippen LogP contribution is -1.76. The monoisotopic (exact) mass is 244 g/mol. The van der Waals surface area contributed by atoms with Crippen LogP contribution in [0.2, 0.25) is 0 Å². The van der Waals surface area contributed by atoms with Crippen LogP contribution in [0, 0.1) is 3.57 Å². The van der Waals surface area contributed by atoms with Crippen LogP contribution in [-0.2, 0) is 0 Å². The minimum absolute atomic E-state index is 1.03. The van der Waals surface area contributed by atoms with Crippen LogP contribution in [-0.4, -0.2) is 9.97 Å². The third-order valence-corrected chi connectivity index (χ3v) is 2.30. The second-order valence-electron chi connectivity index (χ2n) is 2.03. The Hall–Kier alpha value is -0.580. The Labute approximate surface area is 71.8 Å². The molecule has 0 radical (unpaired) electrons. The number of H-pyrrole nitrogens is 1. The van der Waals surface area contributed by atoms with Crippen LogP contribution in [0.3, 0.4) is 0 Å². The van der Waals surface area contributed by atoms with E-state index in [0.717, 1.165) is 11.0 Å². The number of fused-ring (bicyclic) bond motifs is 1. The molecule has 0 spiro atoms. The molecule has 0 atom stereocenters. The van der Waals surface area contributed by atoms with E-state index in [0.29, 0.717) is 0 Å². The number of aromatic nitrogens is 2. The van der Waals surface area contributed by atoms with Gasteiger partial charge in [-0.2, -0.15) is 0 Å². The number of rotatable bonds is 0. The maximum atomic E-state index is 4.17. The van der Waals surface area contributed by atoms with Crippen molar-refractivity contribution in [1.29, 1.82) is 0 Å². The van der Waals surface area contributed by atoms with E-state index >= 15 is 0 Å². The molecule has 0 bridgehead atoms. The van der Waals surface area contributed by atoms with Crippen LogP contribution in [0.5, 0.6) is 0 Å². The molecule has 0 aliphatic heterocycles. The topological polar surface area (TPSA) is 28.7 Å². The van der Waals surface area contributed by atoms with Gasteiger partial charge in [0.05, 0.1) is 11.0 Å². The average Bonchev–Trinajstić information content (AvgIpc) is 2.36. The van der Waals surface area contributed by atoms with Gasteiger partial charge in [0.1, 0.15) is 0 Å². The zero-order chi connectivity index (χ0) is 6.97. The van der Waals surface area contributed by atoms with Crippen LogP contribution in [0.25, 0.3) is 11.0 Å². The van der Waals surface area contributed by atoms with E-state index in [2.05, 4.69) is 32.6 Å². The van der Waals surface area contributed by atoms with Gasteiger partial charge in [-0.3, -0.25) is 4.98 Å². The molecule has 0 unspecified atom stereocenters. The van der Waals surface area contributed by atoms with E-state index in [1.807, 2.05) is 24.5 Å². The highest BCUT2D eigenvalue weighted by Crippen LogP contribution is 2.15. The number of halogens is 1. The minimum Gasteiger partial charge on any atom is -0.359 e. The van der Waals surface area contributed by atoms with Gasteiger partial charge < -0.3 is 4.98 Å². The molecular weight excluding hydrogens is 239 g/mol. The molecule has 0 aliphatic rings. The molecule has 2 aromatic rings. The first-order valence-corrected chi connectivity index (χ1v) is 4.03. The molecule has 0 saturated heterocycles. The zero-order valence-corrected chi connectivity index (χ0v) is 7.29. The van der Waals surface area contributed by atoms with E-state index < -0.39 is 0 Å². The van der Waals surface area contributed by atoms with Gasteiger partial charge in [-0.25, -0.2) is 0 Å². The molecule has 2 rings (SSSR count). The highest BCUT2D eigenvalue weighted by Gasteiger charge is 1.96. The Morgan fingerprint density at radius 2 is 2.30 bits per heavy atom. The van der Waals surface area contributed by atoms with Gasteiger partial charge in [0, 0.05) is 16.0 Å². The molecule has 1 N–H and O–H groups in total. The molecule has 0 fully saturated rings. The Morgan fingerprint density at radius 3 is 3.10 bits per heavy atom. The molecule has 0 saturated carbocycles. The van der Waals surface area contributed by atoms with Gasteiger partial charge in [0.25, 0.3) is 0 Å². The Balaban J connectivity index is 2.95. The fourth-order valence-corrected chi connectivity index (χ4v) is 1.52. The summed E-state index contributed by atoms with van der Waals surface area (Å²) in [5, 5.41) is 0. The third-order valence-electron chi connectivity index (χ3n) is 1.40. The van der Waals surface area contributed by atoms with Crippen LogP contribution < -0.4 is 0 Å². The second kappa shape index (κ2) is 2.23. The molecule has 0 amide bonds. The van der Waals surface area contributed by atoms with Crippen molar-refractivity contribution in [2.75, 3.05) is 0 Å². The molecule has 2 aromatic heterocycles. The molecule has 2 heterocycles. The van der Waals surface area contributed by atoms with E-state index in [9.17, 15) is 0 Å². The SMILES string of the molecule is Ic1ccnc2cc[nH]c12. The number of aromatic amines is 1. The lowest BCUT2D eigenvalue weighted by Gasteiger charge is -1.89. The molecule has 3 heteroatoms. The Morgan fingerprint density at radius 1 is 1.40 bits per heavy atom. The van der Waals surface area contributed by atoms with Crippen molar-refractivity contribution >= 4 is 33.6 Å². The summed E-state index contributed by atoms with van der Waals surface area (Å²) >= 11 is 2.28. The maximum absolute atomic E-state index is 4.17. The summed E-state index contributed by atoms with van der Waals surface area (Å²) in [4.78, 5) is 7.28. The molecule has 0 aliphatic carbocycles. The highest BCUT2D eigenvalue weighted by molar-refractivity contribution is 14.1. The van der Waals surface area contributed by atoms with Crippen LogP contribution in [0.1, 0.15) is 0 Å². The predicted octanol–water partition coefficient (Wildman–Crippen LogP) is 2.17. The molecule has 2 nitrogen and oxygen atoms in total. The van der Waals surface area contributed by atoms with Gasteiger partial charge in [-0.05, 0) is 34.7 Å². The molecular formula is C7H5IN2. The normalized spacial score (nSPS) is 10.5. The van der Waals surface area contributed by atoms with Crippen molar-refractivity contribution in [3.05, 3.63) is 28.1 Å². The van der Waals surface area contributed by atoms with E-state index in [1.54, 1.807) is 0 Å². The van der Waals surface area contributed by atoms with Crippen molar-refractivity contribution in [3.63, 3.8) is 0 Å². The van der Waals surface area contributed by atoms with Gasteiger partial charge in [-0.1, -0.05) is 0 Å². The van der Waals surface area contributed by atoms with Gasteiger partial charge in [0.2, 0.25) is 0 Å². The summed E-state index contributed by atoms with van der Waals surface area (Å²) in [5.41, 5.74) is 2.16. The van der Waals surface area contributed by atoms with Crippen molar-refractivity contribution < 1.29 is 0 Å². The Bertz CT molecular complexity index is 353. The van der Waals surface area contributed by atoms with Crippen molar-refractivity contribution in [3.8, 4) is 0 Å². The van der Waals surface area contributed by atoms with Crippen LogP contribution in [0.15, 0.2) is 24.5 Å². The lowest BCUT2D eigenvalue weighted by atomic mass is 10.4. The summed E-state index contributed by atoms with van der Waals surface area (Å²) in [7, 11) is 0. The van der Waals surface area contributed by atoms with E-state index in [4.69, 9.17) is 0 Å². The summed E-state index contributed by atoms with van der Waals surface area (Å²) in [6, 6.07) is 3.96. The van der Waals surface area contributed by atoms with Crippen LogP contribution >= 0.6 is 22.6 Å². The largest absolute Gasteiger partial charge is 0.359 e. The second-order valence-corrected chi connectivity index (χ2v) is 3.19. The van der Waals surface area contributed by atoms with Crippen molar-refractivity contribution in [1.82, 2.24) is 9.97 Å². The lowest BCUT2D eigenvalue weighted by molar-refractivity contribution is 1.39. The molecule has 0 aromatic carbocycles. The van der Waals surface area contributed by atoms with Gasteiger partial charge in [-0.15, -0.1) is 0 Å². The molecule has 50 valence electrons. The highest BCUT2D eigenvalue weighted by atomic mass is 127. The summed E-state index contributed by atoms with van der Waals surface area (Å²) in [5.74, 6) is 0. The summed E-state index contributed by atoms with van der Waals surface area (Å²) in [6.45, 7) is 0. The zero-order valence-electron chi connectivity index (χ0n) is 5.13. The summed E-state index contributed by atoms with van der Waals surface area (Å²) < 4.78 is 1.22. The molecule has 10 heavy (non-hydrogen) atoms. The van der Waals surface area contributed by atoms with E-state index in [-0.39, 0.29) is 0 Å². The third kappa shape index (κ3) is 0.811.